The summed E-state index contributed by atoms with van der Waals surface area (Å²) in [6, 6.07) is 10.4. The highest BCUT2D eigenvalue weighted by Crippen LogP contribution is 2.18. The summed E-state index contributed by atoms with van der Waals surface area (Å²) in [5, 5.41) is 2.95. The Balaban J connectivity index is 1.80. The van der Waals surface area contributed by atoms with Gasteiger partial charge in [0.1, 0.15) is 0 Å². The molecule has 1 saturated carbocycles. The van der Waals surface area contributed by atoms with E-state index in [4.69, 9.17) is 0 Å². The molecule has 2 atom stereocenters. The fourth-order valence-electron chi connectivity index (χ4n) is 2.40. The minimum Gasteiger partial charge on any atom is -0.348 e. The molecule has 5 heteroatoms. The molecule has 1 aromatic rings. The van der Waals surface area contributed by atoms with E-state index >= 15 is 0 Å². The lowest BCUT2D eigenvalue weighted by atomic mass is 10.1. The van der Waals surface area contributed by atoms with E-state index in [2.05, 4.69) is 5.32 Å². The van der Waals surface area contributed by atoms with Gasteiger partial charge in [0.05, 0.1) is 13.1 Å². The van der Waals surface area contributed by atoms with Gasteiger partial charge in [0.2, 0.25) is 0 Å². The molecule has 1 fully saturated rings. The van der Waals surface area contributed by atoms with Crippen LogP contribution in [-0.4, -0.2) is 49.9 Å². The molecule has 0 heterocycles. The molecule has 1 aliphatic rings. The van der Waals surface area contributed by atoms with E-state index < -0.39 is 0 Å². The summed E-state index contributed by atoms with van der Waals surface area (Å²) in [7, 11) is 3.70. The number of amides is 2. The predicted octanol–water partition coefficient (Wildman–Crippen LogP) is -0.000700. The van der Waals surface area contributed by atoms with Crippen LogP contribution in [0.5, 0.6) is 0 Å². The monoisotopic (exact) mass is 304 g/mol. The number of carbonyl (C=O) groups is 2. The molecule has 0 aromatic heterocycles. The van der Waals surface area contributed by atoms with Crippen molar-refractivity contribution in [3.63, 3.8) is 0 Å². The lowest BCUT2D eigenvalue weighted by Gasteiger charge is -2.26. The van der Waals surface area contributed by atoms with Gasteiger partial charge in [-0.25, -0.2) is 0 Å². The first kappa shape index (κ1) is 16.5. The normalized spacial score (nSPS) is 16.7. The number of nitrogens with zero attached hydrogens (tertiary/aromatic N) is 1. The Bertz CT molecular complexity index is 514. The molecule has 2 rings (SSSR count). The highest BCUT2D eigenvalue weighted by molar-refractivity contribution is 5.79. The average molecular weight is 304 g/mol. The maximum Gasteiger partial charge on any atom is 0.278 e. The van der Waals surface area contributed by atoms with Crippen LogP contribution in [0.4, 0.5) is 0 Å². The van der Waals surface area contributed by atoms with Crippen molar-refractivity contribution < 1.29 is 14.5 Å². The van der Waals surface area contributed by atoms with Gasteiger partial charge in [-0.3, -0.25) is 9.59 Å². The zero-order chi connectivity index (χ0) is 16.1. The zero-order valence-electron chi connectivity index (χ0n) is 13.6. The number of hydrogen-bond donors (Lipinski definition) is 2. The number of carbonyl (C=O) groups excluding carboxylic acids is 2. The third-order valence-corrected chi connectivity index (χ3v) is 4.11. The van der Waals surface area contributed by atoms with Crippen molar-refractivity contribution in [3.8, 4) is 0 Å². The summed E-state index contributed by atoms with van der Waals surface area (Å²) in [5.41, 5.74) is 1.11. The lowest BCUT2D eigenvalue weighted by Crippen LogP contribution is -3.11. The number of hydrogen-bond acceptors (Lipinski definition) is 2. The fraction of sp³-hybridized carbons (Fsp3) is 0.529. The molecular weight excluding hydrogens is 278 g/mol. The predicted molar refractivity (Wildman–Crippen MR) is 85.4 cm³/mol. The molecule has 0 aliphatic heterocycles. The summed E-state index contributed by atoms with van der Waals surface area (Å²) >= 11 is 0. The topological polar surface area (TPSA) is 53.9 Å². The second-order valence-corrected chi connectivity index (χ2v) is 6.24. The van der Waals surface area contributed by atoms with Gasteiger partial charge in [-0.1, -0.05) is 30.3 Å². The second kappa shape index (κ2) is 7.40. The minimum absolute atomic E-state index is 0.0294. The Morgan fingerprint density at radius 1 is 1.27 bits per heavy atom. The number of quaternary nitrogens is 1. The van der Waals surface area contributed by atoms with Crippen molar-refractivity contribution in [1.29, 1.82) is 0 Å². The quantitative estimate of drug-likeness (QED) is 0.745. The minimum atomic E-state index is 0.0294. The maximum absolute atomic E-state index is 12.4. The van der Waals surface area contributed by atoms with Gasteiger partial charge in [0.15, 0.2) is 13.1 Å². The van der Waals surface area contributed by atoms with Crippen LogP contribution in [-0.2, 0) is 9.59 Å². The van der Waals surface area contributed by atoms with Crippen molar-refractivity contribution in [2.75, 3.05) is 27.2 Å². The summed E-state index contributed by atoms with van der Waals surface area (Å²) < 4.78 is 0. The molecule has 120 valence electrons. The van der Waals surface area contributed by atoms with E-state index in [9.17, 15) is 9.59 Å². The summed E-state index contributed by atoms with van der Waals surface area (Å²) in [4.78, 5) is 26.8. The number of benzene rings is 1. The Kier molecular flexibility index (Phi) is 5.55. The summed E-state index contributed by atoms with van der Waals surface area (Å²) in [6.07, 6.45) is 2.17. The van der Waals surface area contributed by atoms with Crippen LogP contribution in [0, 0.1) is 0 Å². The smallest absolute Gasteiger partial charge is 0.278 e. The van der Waals surface area contributed by atoms with Crippen LogP contribution in [0.2, 0.25) is 0 Å². The third-order valence-electron chi connectivity index (χ3n) is 4.11. The van der Waals surface area contributed by atoms with Crippen LogP contribution < -0.4 is 10.2 Å². The molecule has 0 radical (unpaired) electrons. The van der Waals surface area contributed by atoms with E-state index in [0.29, 0.717) is 19.1 Å². The highest BCUT2D eigenvalue weighted by Gasteiger charge is 2.26. The number of nitrogens with one attached hydrogen (secondary N) is 2. The van der Waals surface area contributed by atoms with Crippen LogP contribution >= 0.6 is 0 Å². The number of rotatable bonds is 7. The molecular formula is C17H26N3O2+. The summed E-state index contributed by atoms with van der Waals surface area (Å²) in [6.45, 7) is 2.68. The Morgan fingerprint density at radius 3 is 2.50 bits per heavy atom. The maximum atomic E-state index is 12.4. The van der Waals surface area contributed by atoms with Crippen molar-refractivity contribution >= 4 is 11.8 Å². The van der Waals surface area contributed by atoms with E-state index in [-0.39, 0.29) is 17.9 Å². The second-order valence-electron chi connectivity index (χ2n) is 6.24. The molecule has 2 amide bonds. The fourth-order valence-corrected chi connectivity index (χ4v) is 2.40. The Hall–Kier alpha value is -1.88. The standard InChI is InChI=1S/C17H25N3O2/c1-13(14-7-5-4-6-8-14)20(3)17(22)12-19(2)11-16(21)18-15-9-10-15/h4-8,13,15H,9-12H2,1-3H3,(H,18,21)/p+1/t13-/m1/s1. The Morgan fingerprint density at radius 2 is 1.91 bits per heavy atom. The number of likely N-dealkylation sites (N-methyl/N-ethyl adjacent to an activating group) is 2. The largest absolute Gasteiger partial charge is 0.348 e. The van der Waals surface area contributed by atoms with Crippen molar-refractivity contribution in [2.24, 2.45) is 0 Å². The van der Waals surface area contributed by atoms with Gasteiger partial charge in [0, 0.05) is 13.1 Å². The average Bonchev–Trinajstić information content (AvgIpc) is 3.30. The SMILES string of the molecule is C[C@H](c1ccccc1)N(C)C(=O)C[NH+](C)CC(=O)NC1CC1. The molecule has 5 nitrogen and oxygen atoms in total. The van der Waals surface area contributed by atoms with Gasteiger partial charge in [0.25, 0.3) is 11.8 Å². The molecule has 1 aromatic carbocycles. The van der Waals surface area contributed by atoms with E-state index in [1.165, 1.54) is 0 Å². The zero-order valence-corrected chi connectivity index (χ0v) is 13.6. The van der Waals surface area contributed by atoms with Crippen LogP contribution in [0.25, 0.3) is 0 Å². The first-order chi connectivity index (χ1) is 10.5. The molecule has 0 saturated heterocycles. The van der Waals surface area contributed by atoms with Gasteiger partial charge >= 0.3 is 0 Å². The first-order valence-corrected chi connectivity index (χ1v) is 7.88. The van der Waals surface area contributed by atoms with Gasteiger partial charge in [-0.05, 0) is 25.3 Å². The molecule has 0 bridgehead atoms. The van der Waals surface area contributed by atoms with Crippen LogP contribution in [0.3, 0.4) is 0 Å². The molecule has 1 aliphatic carbocycles. The highest BCUT2D eigenvalue weighted by atomic mass is 16.2. The summed E-state index contributed by atoms with van der Waals surface area (Å²) in [5.74, 6) is 0.0830. The lowest BCUT2D eigenvalue weighted by molar-refractivity contribution is -0.863. The van der Waals surface area contributed by atoms with Gasteiger partial charge in [-0.2, -0.15) is 0 Å². The van der Waals surface area contributed by atoms with Crippen LogP contribution in [0.15, 0.2) is 30.3 Å². The van der Waals surface area contributed by atoms with Crippen molar-refractivity contribution in [1.82, 2.24) is 10.2 Å². The Labute approximate surface area is 132 Å². The third kappa shape index (κ3) is 4.84. The van der Waals surface area contributed by atoms with Gasteiger partial charge in [-0.15, -0.1) is 0 Å². The van der Waals surface area contributed by atoms with Crippen molar-refractivity contribution in [3.05, 3.63) is 35.9 Å². The van der Waals surface area contributed by atoms with Crippen molar-refractivity contribution in [2.45, 2.75) is 31.8 Å². The van der Waals surface area contributed by atoms with E-state index in [1.54, 1.807) is 4.90 Å². The van der Waals surface area contributed by atoms with Crippen LogP contribution in [0.1, 0.15) is 31.4 Å². The van der Waals surface area contributed by atoms with Gasteiger partial charge < -0.3 is 15.1 Å². The first-order valence-electron chi connectivity index (χ1n) is 7.88. The molecule has 22 heavy (non-hydrogen) atoms. The van der Waals surface area contributed by atoms with E-state index in [0.717, 1.165) is 23.3 Å². The molecule has 1 unspecified atom stereocenters. The molecule has 0 spiro atoms. The van der Waals surface area contributed by atoms with E-state index in [1.807, 2.05) is 51.4 Å². The molecule has 2 N–H and O–H groups in total.